The van der Waals surface area contributed by atoms with Crippen molar-refractivity contribution in [2.24, 2.45) is 0 Å². The number of ether oxygens (including phenoxy) is 2. The molecule has 0 heterocycles. The molecule has 0 aromatic heterocycles. The van der Waals surface area contributed by atoms with Crippen molar-refractivity contribution >= 4 is 23.3 Å². The molecule has 4 heteroatoms. The van der Waals surface area contributed by atoms with Crippen LogP contribution in [0, 0.1) is 25.2 Å². The molecule has 0 spiro atoms. The van der Waals surface area contributed by atoms with Gasteiger partial charge in [0, 0.05) is 0 Å². The standard InChI is InChI=1S/C26H24ClNO2/c1-4-29-25-15-21(13-23(16-28)22-11-7-19(3)8-12-22)14-24(27)26(25)30-17-20-9-5-18(2)6-10-20/h5-15H,4,17H2,1-3H3/b23-13+. The minimum Gasteiger partial charge on any atom is -0.490 e. The van der Waals surface area contributed by atoms with Gasteiger partial charge in [0.15, 0.2) is 11.5 Å². The molecule has 0 radical (unpaired) electrons. The summed E-state index contributed by atoms with van der Waals surface area (Å²) in [6, 6.07) is 21.9. The summed E-state index contributed by atoms with van der Waals surface area (Å²) in [5, 5.41) is 10.1. The van der Waals surface area contributed by atoms with Crippen molar-refractivity contribution < 1.29 is 9.47 Å². The number of aryl methyl sites for hydroxylation is 2. The summed E-state index contributed by atoms with van der Waals surface area (Å²) < 4.78 is 11.8. The third-order valence-electron chi connectivity index (χ3n) is 4.63. The summed E-state index contributed by atoms with van der Waals surface area (Å²) >= 11 is 6.54. The Bertz CT molecular complexity index is 1080. The van der Waals surface area contributed by atoms with Crippen LogP contribution in [0.3, 0.4) is 0 Å². The summed E-state index contributed by atoms with van der Waals surface area (Å²) in [4.78, 5) is 0. The van der Waals surface area contributed by atoms with Crippen LogP contribution >= 0.6 is 11.6 Å². The molecule has 30 heavy (non-hydrogen) atoms. The Balaban J connectivity index is 1.90. The summed E-state index contributed by atoms with van der Waals surface area (Å²) in [7, 11) is 0. The van der Waals surface area contributed by atoms with Crippen molar-refractivity contribution in [1.29, 1.82) is 5.26 Å². The molecule has 152 valence electrons. The molecule has 0 bridgehead atoms. The molecule has 0 N–H and O–H groups in total. The van der Waals surface area contributed by atoms with Gasteiger partial charge in [-0.25, -0.2) is 0 Å². The second-order valence-corrected chi connectivity index (χ2v) is 7.48. The summed E-state index contributed by atoms with van der Waals surface area (Å²) in [5.41, 5.74) is 5.59. The molecule has 0 aliphatic carbocycles. The molecule has 0 atom stereocenters. The summed E-state index contributed by atoms with van der Waals surface area (Å²) in [6.45, 7) is 6.85. The minimum atomic E-state index is 0.391. The van der Waals surface area contributed by atoms with Crippen LogP contribution in [0.1, 0.15) is 34.7 Å². The van der Waals surface area contributed by atoms with Gasteiger partial charge in [0.1, 0.15) is 6.61 Å². The van der Waals surface area contributed by atoms with Crippen molar-refractivity contribution in [3.63, 3.8) is 0 Å². The maximum Gasteiger partial charge on any atom is 0.180 e. The average Bonchev–Trinajstić information content (AvgIpc) is 2.73. The molecule has 0 unspecified atom stereocenters. The van der Waals surface area contributed by atoms with Gasteiger partial charge in [-0.05, 0) is 55.7 Å². The van der Waals surface area contributed by atoms with Crippen molar-refractivity contribution in [2.45, 2.75) is 27.4 Å². The fourth-order valence-corrected chi connectivity index (χ4v) is 3.27. The molecule has 0 saturated carbocycles. The van der Waals surface area contributed by atoms with Gasteiger partial charge in [-0.15, -0.1) is 0 Å². The zero-order chi connectivity index (χ0) is 21.5. The molecule has 3 rings (SSSR count). The van der Waals surface area contributed by atoms with Crippen LogP contribution in [0.15, 0.2) is 60.7 Å². The van der Waals surface area contributed by atoms with E-state index in [1.165, 1.54) is 5.56 Å². The molecule has 0 amide bonds. The molecular formula is C26H24ClNO2. The Kier molecular flexibility index (Phi) is 7.17. The van der Waals surface area contributed by atoms with Crippen LogP contribution in [0.4, 0.5) is 0 Å². The van der Waals surface area contributed by atoms with Crippen LogP contribution in [-0.4, -0.2) is 6.61 Å². The van der Waals surface area contributed by atoms with E-state index in [-0.39, 0.29) is 0 Å². The van der Waals surface area contributed by atoms with E-state index in [0.29, 0.717) is 35.3 Å². The highest BCUT2D eigenvalue weighted by Crippen LogP contribution is 2.38. The maximum absolute atomic E-state index is 9.63. The lowest BCUT2D eigenvalue weighted by Crippen LogP contribution is -2.01. The van der Waals surface area contributed by atoms with E-state index in [2.05, 4.69) is 6.07 Å². The third-order valence-corrected chi connectivity index (χ3v) is 4.91. The van der Waals surface area contributed by atoms with Gasteiger partial charge in [0.25, 0.3) is 0 Å². The van der Waals surface area contributed by atoms with Crippen LogP contribution in [-0.2, 0) is 6.61 Å². The van der Waals surface area contributed by atoms with Gasteiger partial charge in [0.05, 0.1) is 23.3 Å². The first kappa shape index (κ1) is 21.5. The number of nitriles is 1. The highest BCUT2D eigenvalue weighted by Gasteiger charge is 2.13. The lowest BCUT2D eigenvalue weighted by molar-refractivity contribution is 0.269. The zero-order valence-electron chi connectivity index (χ0n) is 17.4. The van der Waals surface area contributed by atoms with Gasteiger partial charge in [-0.2, -0.15) is 5.26 Å². The van der Waals surface area contributed by atoms with E-state index >= 15 is 0 Å². The molecule has 0 aliphatic rings. The smallest absolute Gasteiger partial charge is 0.180 e. The van der Waals surface area contributed by atoms with E-state index in [0.717, 1.165) is 22.3 Å². The predicted molar refractivity (Wildman–Crippen MR) is 123 cm³/mol. The fourth-order valence-electron chi connectivity index (χ4n) is 2.99. The average molecular weight is 418 g/mol. The second kappa shape index (κ2) is 10.0. The SMILES string of the molecule is CCOc1cc(/C=C(\C#N)c2ccc(C)cc2)cc(Cl)c1OCc1ccc(C)cc1. The zero-order valence-corrected chi connectivity index (χ0v) is 18.2. The monoisotopic (exact) mass is 417 g/mol. The number of nitrogens with zero attached hydrogens (tertiary/aromatic N) is 1. The second-order valence-electron chi connectivity index (χ2n) is 7.07. The van der Waals surface area contributed by atoms with Gasteiger partial charge in [-0.3, -0.25) is 0 Å². The Hall–Kier alpha value is -3.22. The number of allylic oxidation sites excluding steroid dienone is 1. The van der Waals surface area contributed by atoms with Gasteiger partial charge in [0.2, 0.25) is 0 Å². The predicted octanol–water partition coefficient (Wildman–Crippen LogP) is 7.00. The molecule has 3 aromatic carbocycles. The molecule has 3 nitrogen and oxygen atoms in total. The van der Waals surface area contributed by atoms with Crippen LogP contribution in [0.2, 0.25) is 5.02 Å². The van der Waals surface area contributed by atoms with E-state index in [9.17, 15) is 5.26 Å². The first-order chi connectivity index (χ1) is 14.5. The first-order valence-electron chi connectivity index (χ1n) is 9.83. The van der Waals surface area contributed by atoms with Gasteiger partial charge in [-0.1, -0.05) is 71.3 Å². The maximum atomic E-state index is 9.63. The molecule has 3 aromatic rings. The summed E-state index contributed by atoms with van der Waals surface area (Å²) in [6.07, 6.45) is 1.81. The fraction of sp³-hybridized carbons (Fsp3) is 0.192. The van der Waals surface area contributed by atoms with E-state index in [1.54, 1.807) is 6.07 Å². The number of hydrogen-bond donors (Lipinski definition) is 0. The molecular weight excluding hydrogens is 394 g/mol. The number of benzene rings is 3. The Labute approximate surface area is 183 Å². The van der Waals surface area contributed by atoms with E-state index in [4.69, 9.17) is 21.1 Å². The van der Waals surface area contributed by atoms with E-state index < -0.39 is 0 Å². The highest BCUT2D eigenvalue weighted by atomic mass is 35.5. The Morgan fingerprint density at radius 1 is 0.967 bits per heavy atom. The third kappa shape index (κ3) is 5.43. The molecule has 0 aliphatic heterocycles. The lowest BCUT2D eigenvalue weighted by atomic mass is 10.0. The van der Waals surface area contributed by atoms with Gasteiger partial charge >= 0.3 is 0 Å². The topological polar surface area (TPSA) is 42.2 Å². The Morgan fingerprint density at radius 2 is 1.60 bits per heavy atom. The van der Waals surface area contributed by atoms with Crippen LogP contribution in [0.5, 0.6) is 11.5 Å². The number of halogens is 1. The van der Waals surface area contributed by atoms with Crippen LogP contribution in [0.25, 0.3) is 11.6 Å². The minimum absolute atomic E-state index is 0.391. The lowest BCUT2D eigenvalue weighted by Gasteiger charge is -2.15. The van der Waals surface area contributed by atoms with Crippen molar-refractivity contribution in [3.8, 4) is 17.6 Å². The molecule has 0 saturated heterocycles. The van der Waals surface area contributed by atoms with Gasteiger partial charge < -0.3 is 9.47 Å². The van der Waals surface area contributed by atoms with Crippen LogP contribution < -0.4 is 9.47 Å². The first-order valence-corrected chi connectivity index (χ1v) is 10.2. The Morgan fingerprint density at radius 3 is 2.20 bits per heavy atom. The quantitative estimate of drug-likeness (QED) is 0.307. The van der Waals surface area contributed by atoms with Crippen molar-refractivity contribution in [1.82, 2.24) is 0 Å². The summed E-state index contributed by atoms with van der Waals surface area (Å²) in [5.74, 6) is 1.06. The highest BCUT2D eigenvalue weighted by molar-refractivity contribution is 6.32. The van der Waals surface area contributed by atoms with Crippen molar-refractivity contribution in [2.75, 3.05) is 6.61 Å². The van der Waals surface area contributed by atoms with E-state index in [1.807, 2.05) is 81.4 Å². The van der Waals surface area contributed by atoms with Crippen molar-refractivity contribution in [3.05, 3.63) is 93.5 Å². The number of rotatable bonds is 7. The molecule has 0 fully saturated rings. The number of hydrogen-bond acceptors (Lipinski definition) is 3. The largest absolute Gasteiger partial charge is 0.490 e. The normalized spacial score (nSPS) is 11.1.